The maximum atomic E-state index is 13.3. The van der Waals surface area contributed by atoms with Crippen molar-refractivity contribution in [1.29, 1.82) is 0 Å². The molecule has 2 aromatic rings. The van der Waals surface area contributed by atoms with Gasteiger partial charge in [0.15, 0.2) is 0 Å². The third kappa shape index (κ3) is 3.67. The van der Waals surface area contributed by atoms with Crippen LogP contribution in [0.3, 0.4) is 0 Å². The second kappa shape index (κ2) is 5.88. The Balaban J connectivity index is 2.28. The van der Waals surface area contributed by atoms with Gasteiger partial charge < -0.3 is 5.32 Å². The van der Waals surface area contributed by atoms with Crippen LogP contribution < -0.4 is 5.32 Å². The number of aryl methyl sites for hydroxylation is 1. The molecule has 0 spiro atoms. The van der Waals surface area contributed by atoms with Gasteiger partial charge in [0.25, 0.3) is 5.91 Å². The van der Waals surface area contributed by atoms with E-state index in [1.165, 1.54) is 12.1 Å². The molecule has 0 aliphatic rings. The predicted molar refractivity (Wildman–Crippen MR) is 83.3 cm³/mol. The molecule has 1 amide bonds. The summed E-state index contributed by atoms with van der Waals surface area (Å²) in [6.45, 7) is 1.77. The zero-order chi connectivity index (χ0) is 14.0. The second-order valence-corrected chi connectivity index (χ2v) is 5.69. The fourth-order valence-corrected chi connectivity index (χ4v) is 2.43. The number of carbonyl (C=O) groups excluding carboxylic acids is 1. The Morgan fingerprint density at radius 2 is 2.00 bits per heavy atom. The van der Waals surface area contributed by atoms with E-state index in [2.05, 4.69) is 27.9 Å². The van der Waals surface area contributed by atoms with Gasteiger partial charge in [0.1, 0.15) is 5.82 Å². The van der Waals surface area contributed by atoms with Crippen molar-refractivity contribution in [3.05, 3.63) is 61.9 Å². The van der Waals surface area contributed by atoms with Gasteiger partial charge in [-0.15, -0.1) is 0 Å². The van der Waals surface area contributed by atoms with Crippen molar-refractivity contribution in [3.63, 3.8) is 0 Å². The van der Waals surface area contributed by atoms with Crippen LogP contribution in [0.2, 0.25) is 5.02 Å². The molecule has 0 aliphatic heterocycles. The molecule has 0 saturated carbocycles. The molecule has 0 atom stereocenters. The summed E-state index contributed by atoms with van der Waals surface area (Å²) in [5.41, 5.74) is 1.64. The first-order valence-corrected chi connectivity index (χ1v) is 6.95. The van der Waals surface area contributed by atoms with Gasteiger partial charge in [-0.2, -0.15) is 0 Å². The first-order chi connectivity index (χ1) is 8.95. The monoisotopic (exact) mass is 389 g/mol. The fraction of sp³-hybridized carbons (Fsp3) is 0.0714. The predicted octanol–water partition coefficient (Wildman–Crippen LogP) is 4.64. The number of amides is 1. The smallest absolute Gasteiger partial charge is 0.256 e. The normalized spacial score (nSPS) is 10.3. The number of hydrogen-bond donors (Lipinski definition) is 1. The van der Waals surface area contributed by atoms with Crippen molar-refractivity contribution in [2.75, 3.05) is 5.32 Å². The molecular formula is C14H10ClFINO. The highest BCUT2D eigenvalue weighted by molar-refractivity contribution is 14.1. The molecule has 0 saturated heterocycles. The zero-order valence-corrected chi connectivity index (χ0v) is 12.9. The van der Waals surface area contributed by atoms with E-state index in [-0.39, 0.29) is 11.7 Å². The average Bonchev–Trinajstić information content (AvgIpc) is 2.30. The van der Waals surface area contributed by atoms with Crippen LogP contribution in [0.1, 0.15) is 15.9 Å². The summed E-state index contributed by atoms with van der Waals surface area (Å²) < 4.78 is 14.0. The molecule has 0 unspecified atom stereocenters. The minimum absolute atomic E-state index is 0.308. The molecular weight excluding hydrogens is 380 g/mol. The van der Waals surface area contributed by atoms with Gasteiger partial charge in [-0.05, 0) is 71.5 Å². The Hall–Kier alpha value is -1.14. The van der Waals surface area contributed by atoms with Gasteiger partial charge in [-0.25, -0.2) is 4.39 Å². The minimum atomic E-state index is -0.379. The van der Waals surface area contributed by atoms with Gasteiger partial charge >= 0.3 is 0 Å². The lowest BCUT2D eigenvalue weighted by Crippen LogP contribution is -2.13. The maximum Gasteiger partial charge on any atom is 0.256 e. The van der Waals surface area contributed by atoms with Crippen LogP contribution in [0, 0.1) is 16.3 Å². The Kier molecular flexibility index (Phi) is 4.42. The quantitative estimate of drug-likeness (QED) is 0.745. The summed E-state index contributed by atoms with van der Waals surface area (Å²) >= 11 is 7.93. The van der Waals surface area contributed by atoms with E-state index in [1.807, 2.05) is 0 Å². The molecule has 98 valence electrons. The van der Waals surface area contributed by atoms with Crippen molar-refractivity contribution in [3.8, 4) is 0 Å². The summed E-state index contributed by atoms with van der Waals surface area (Å²) in [6, 6.07) is 9.45. The van der Waals surface area contributed by atoms with E-state index in [4.69, 9.17) is 11.6 Å². The Labute approximate surface area is 129 Å². The highest BCUT2D eigenvalue weighted by Gasteiger charge is 2.11. The summed E-state index contributed by atoms with van der Waals surface area (Å²) in [7, 11) is 0. The Bertz CT molecular complexity index is 625. The summed E-state index contributed by atoms with van der Waals surface area (Å²) in [4.78, 5) is 12.1. The zero-order valence-electron chi connectivity index (χ0n) is 10.0. The van der Waals surface area contributed by atoms with Crippen LogP contribution in [-0.2, 0) is 0 Å². The molecule has 0 bridgehead atoms. The highest BCUT2D eigenvalue weighted by atomic mass is 127. The largest absolute Gasteiger partial charge is 0.322 e. The number of rotatable bonds is 2. The fourth-order valence-electron chi connectivity index (χ4n) is 1.68. The second-order valence-electron chi connectivity index (χ2n) is 4.10. The van der Waals surface area contributed by atoms with Crippen molar-refractivity contribution < 1.29 is 9.18 Å². The maximum absolute atomic E-state index is 13.3. The first kappa shape index (κ1) is 14.3. The average molecular weight is 390 g/mol. The van der Waals surface area contributed by atoms with Crippen LogP contribution in [0.25, 0.3) is 0 Å². The molecule has 1 N–H and O–H groups in total. The van der Waals surface area contributed by atoms with Crippen LogP contribution in [-0.4, -0.2) is 5.91 Å². The molecule has 2 rings (SSSR count). The third-order valence-electron chi connectivity index (χ3n) is 2.47. The van der Waals surface area contributed by atoms with Gasteiger partial charge in [-0.3, -0.25) is 4.79 Å². The van der Waals surface area contributed by atoms with Gasteiger partial charge in [0.05, 0.1) is 5.56 Å². The van der Waals surface area contributed by atoms with E-state index < -0.39 is 0 Å². The summed E-state index contributed by atoms with van der Waals surface area (Å²) in [5.74, 6) is -0.687. The molecule has 2 nitrogen and oxygen atoms in total. The lowest BCUT2D eigenvalue weighted by atomic mass is 10.2. The van der Waals surface area contributed by atoms with Crippen LogP contribution in [0.15, 0.2) is 36.4 Å². The lowest BCUT2D eigenvalue weighted by Gasteiger charge is -2.08. The van der Waals surface area contributed by atoms with E-state index in [0.29, 0.717) is 16.3 Å². The number of anilines is 1. The molecule has 0 heterocycles. The van der Waals surface area contributed by atoms with Gasteiger partial charge in [-0.1, -0.05) is 11.6 Å². The molecule has 0 aliphatic carbocycles. The van der Waals surface area contributed by atoms with Crippen LogP contribution in [0.5, 0.6) is 0 Å². The molecule has 0 aromatic heterocycles. The van der Waals surface area contributed by atoms with Gasteiger partial charge in [0, 0.05) is 14.3 Å². The number of halogens is 3. The van der Waals surface area contributed by atoms with E-state index in [0.717, 1.165) is 9.13 Å². The van der Waals surface area contributed by atoms with E-state index >= 15 is 0 Å². The summed E-state index contributed by atoms with van der Waals surface area (Å²) in [6.07, 6.45) is 0. The Morgan fingerprint density at radius 1 is 1.26 bits per heavy atom. The highest BCUT2D eigenvalue weighted by Crippen LogP contribution is 2.20. The lowest BCUT2D eigenvalue weighted by molar-refractivity contribution is 0.102. The van der Waals surface area contributed by atoms with Crippen molar-refractivity contribution in [1.82, 2.24) is 0 Å². The summed E-state index contributed by atoms with van der Waals surface area (Å²) in [5, 5.41) is 3.15. The minimum Gasteiger partial charge on any atom is -0.322 e. The SMILES string of the molecule is Cc1cc(F)cc(NC(=O)c2cc(Cl)ccc2I)c1. The topological polar surface area (TPSA) is 29.1 Å². The van der Waals surface area contributed by atoms with Crippen molar-refractivity contribution in [2.45, 2.75) is 6.92 Å². The van der Waals surface area contributed by atoms with Crippen LogP contribution >= 0.6 is 34.2 Å². The third-order valence-corrected chi connectivity index (χ3v) is 3.65. The van der Waals surface area contributed by atoms with Crippen LogP contribution in [0.4, 0.5) is 10.1 Å². The van der Waals surface area contributed by atoms with E-state index in [9.17, 15) is 9.18 Å². The number of hydrogen-bond acceptors (Lipinski definition) is 1. The molecule has 0 fully saturated rings. The molecule has 19 heavy (non-hydrogen) atoms. The molecule has 5 heteroatoms. The van der Waals surface area contributed by atoms with Crippen molar-refractivity contribution in [2.24, 2.45) is 0 Å². The standard InChI is InChI=1S/C14H10ClFINO/c1-8-4-10(16)7-11(5-8)18-14(19)12-6-9(15)2-3-13(12)17/h2-7H,1H3,(H,18,19). The molecule has 2 aromatic carbocycles. The Morgan fingerprint density at radius 3 is 2.68 bits per heavy atom. The van der Waals surface area contributed by atoms with E-state index in [1.54, 1.807) is 31.2 Å². The molecule has 0 radical (unpaired) electrons. The first-order valence-electron chi connectivity index (χ1n) is 5.49. The van der Waals surface area contributed by atoms with Crippen molar-refractivity contribution >= 4 is 45.8 Å². The number of nitrogens with one attached hydrogen (secondary N) is 1. The number of carbonyl (C=O) groups is 1. The van der Waals surface area contributed by atoms with Gasteiger partial charge in [0.2, 0.25) is 0 Å². The number of benzene rings is 2.